The summed E-state index contributed by atoms with van der Waals surface area (Å²) in [5.41, 5.74) is 2.04. The van der Waals surface area contributed by atoms with Crippen molar-refractivity contribution in [1.29, 1.82) is 0 Å². The molecule has 2 unspecified atom stereocenters. The lowest BCUT2D eigenvalue weighted by Crippen LogP contribution is -2.54. The van der Waals surface area contributed by atoms with Gasteiger partial charge in [-0.15, -0.1) is 0 Å². The van der Waals surface area contributed by atoms with Gasteiger partial charge < -0.3 is 10.2 Å². The first-order valence-electron chi connectivity index (χ1n) is 14.2. The molecule has 0 aliphatic rings. The number of hydrogen-bond acceptors (Lipinski definition) is 4. The summed E-state index contributed by atoms with van der Waals surface area (Å²) < 4.78 is 29.8. The van der Waals surface area contributed by atoms with E-state index < -0.39 is 28.5 Å². The third-order valence-electron chi connectivity index (χ3n) is 7.17. The second-order valence-corrected chi connectivity index (χ2v) is 13.1. The van der Waals surface area contributed by atoms with E-state index >= 15 is 0 Å². The summed E-state index contributed by atoms with van der Waals surface area (Å²) in [7, 11) is -4.11. The van der Waals surface area contributed by atoms with Gasteiger partial charge in [0.25, 0.3) is 10.0 Å². The number of halogens is 1. The lowest BCUT2D eigenvalue weighted by Gasteiger charge is -2.34. The summed E-state index contributed by atoms with van der Waals surface area (Å²) in [5, 5.41) is 3.05. The molecular formula is C34H36BrN3O4S. The molecule has 9 heteroatoms. The summed E-state index contributed by atoms with van der Waals surface area (Å²) in [5.74, 6) is -0.790. The van der Waals surface area contributed by atoms with E-state index in [1.807, 2.05) is 68.4 Å². The van der Waals surface area contributed by atoms with Crippen molar-refractivity contribution < 1.29 is 18.0 Å². The number of carbonyl (C=O) groups excluding carboxylic acids is 2. The van der Waals surface area contributed by atoms with Gasteiger partial charge in [-0.2, -0.15) is 0 Å². The third-order valence-corrected chi connectivity index (χ3v) is 9.45. The Morgan fingerprint density at radius 3 is 2.00 bits per heavy atom. The fourth-order valence-corrected chi connectivity index (χ4v) is 6.55. The molecule has 4 aromatic rings. The van der Waals surface area contributed by atoms with Crippen LogP contribution in [0.3, 0.4) is 0 Å². The van der Waals surface area contributed by atoms with Crippen molar-refractivity contribution in [3.8, 4) is 0 Å². The van der Waals surface area contributed by atoms with Crippen LogP contribution in [-0.4, -0.2) is 43.8 Å². The van der Waals surface area contributed by atoms with Gasteiger partial charge in [-0.25, -0.2) is 8.42 Å². The van der Waals surface area contributed by atoms with Crippen molar-refractivity contribution in [2.45, 2.75) is 50.2 Å². The highest BCUT2D eigenvalue weighted by Crippen LogP contribution is 2.25. The maximum absolute atomic E-state index is 14.4. The Labute approximate surface area is 262 Å². The fourth-order valence-electron chi connectivity index (χ4n) is 4.67. The maximum atomic E-state index is 14.4. The van der Waals surface area contributed by atoms with Crippen LogP contribution in [0.25, 0.3) is 0 Å². The van der Waals surface area contributed by atoms with Crippen LogP contribution in [0, 0.1) is 0 Å². The van der Waals surface area contributed by atoms with Gasteiger partial charge in [0.1, 0.15) is 12.6 Å². The van der Waals surface area contributed by atoms with Crippen LogP contribution in [0.2, 0.25) is 0 Å². The van der Waals surface area contributed by atoms with E-state index in [0.29, 0.717) is 5.69 Å². The van der Waals surface area contributed by atoms with Crippen LogP contribution in [0.15, 0.2) is 125 Å². The maximum Gasteiger partial charge on any atom is 0.264 e. The van der Waals surface area contributed by atoms with Crippen molar-refractivity contribution in [2.24, 2.45) is 0 Å². The normalized spacial score (nSPS) is 12.6. The quantitative estimate of drug-likeness (QED) is 0.185. The average molecular weight is 663 g/mol. The Morgan fingerprint density at radius 2 is 1.40 bits per heavy atom. The van der Waals surface area contributed by atoms with Gasteiger partial charge in [-0.05, 0) is 60.9 Å². The van der Waals surface area contributed by atoms with E-state index in [1.54, 1.807) is 48.5 Å². The van der Waals surface area contributed by atoms with Crippen LogP contribution in [0.1, 0.15) is 31.4 Å². The highest BCUT2D eigenvalue weighted by molar-refractivity contribution is 9.10. The number of hydrogen-bond donors (Lipinski definition) is 1. The highest BCUT2D eigenvalue weighted by Gasteiger charge is 2.34. The van der Waals surface area contributed by atoms with E-state index in [9.17, 15) is 18.0 Å². The molecule has 1 N–H and O–H groups in total. The molecule has 0 spiro atoms. The number of nitrogens with one attached hydrogen (secondary N) is 1. The summed E-state index contributed by atoms with van der Waals surface area (Å²) in [6.07, 6.45) is 0.986. The number of anilines is 1. The molecule has 0 radical (unpaired) electrons. The molecule has 2 amide bonds. The van der Waals surface area contributed by atoms with Crippen molar-refractivity contribution >= 4 is 43.5 Å². The Bertz CT molecular complexity index is 1600. The third kappa shape index (κ3) is 8.55. The van der Waals surface area contributed by atoms with E-state index in [0.717, 1.165) is 26.3 Å². The van der Waals surface area contributed by atoms with Gasteiger partial charge in [0, 0.05) is 23.5 Å². The van der Waals surface area contributed by atoms with Crippen molar-refractivity contribution in [3.05, 3.63) is 131 Å². The lowest BCUT2D eigenvalue weighted by atomic mass is 10.0. The molecule has 7 nitrogen and oxygen atoms in total. The van der Waals surface area contributed by atoms with E-state index in [1.165, 1.54) is 17.0 Å². The molecule has 4 aromatic carbocycles. The minimum Gasteiger partial charge on any atom is -0.352 e. The Balaban J connectivity index is 1.79. The van der Waals surface area contributed by atoms with Gasteiger partial charge in [-0.1, -0.05) is 102 Å². The van der Waals surface area contributed by atoms with Crippen molar-refractivity contribution in [2.75, 3.05) is 10.8 Å². The van der Waals surface area contributed by atoms with Crippen molar-refractivity contribution in [1.82, 2.24) is 10.2 Å². The van der Waals surface area contributed by atoms with Crippen molar-refractivity contribution in [3.63, 3.8) is 0 Å². The second kappa shape index (κ2) is 15.0. The molecule has 0 heterocycles. The predicted octanol–water partition coefficient (Wildman–Crippen LogP) is 6.20. The summed E-state index contributed by atoms with van der Waals surface area (Å²) in [4.78, 5) is 29.8. The molecule has 0 saturated heterocycles. The van der Waals surface area contributed by atoms with E-state index in [-0.39, 0.29) is 29.8 Å². The molecule has 224 valence electrons. The van der Waals surface area contributed by atoms with Gasteiger partial charge in [-0.3, -0.25) is 13.9 Å². The highest BCUT2D eigenvalue weighted by atomic mass is 79.9. The number of amides is 2. The van der Waals surface area contributed by atoms with Crippen LogP contribution in [-0.2, 0) is 32.6 Å². The van der Waals surface area contributed by atoms with Gasteiger partial charge in [0.05, 0.1) is 10.6 Å². The SMILES string of the molecule is CCC(C)NC(=O)C(Cc1ccccc1)N(Cc1cccc(Br)c1)C(=O)CN(c1ccccc1)S(=O)(=O)c1ccccc1. The first kappa shape index (κ1) is 32.0. The van der Waals surface area contributed by atoms with Gasteiger partial charge in [0.15, 0.2) is 0 Å². The molecule has 43 heavy (non-hydrogen) atoms. The number of nitrogens with zero attached hydrogens (tertiary/aromatic N) is 2. The van der Waals surface area contributed by atoms with Gasteiger partial charge >= 0.3 is 0 Å². The lowest BCUT2D eigenvalue weighted by molar-refractivity contribution is -0.140. The smallest absolute Gasteiger partial charge is 0.264 e. The van der Waals surface area contributed by atoms with Crippen LogP contribution in [0.5, 0.6) is 0 Å². The van der Waals surface area contributed by atoms with Crippen LogP contribution in [0.4, 0.5) is 5.69 Å². The molecule has 0 saturated carbocycles. The minimum absolute atomic E-state index is 0.0699. The second-order valence-electron chi connectivity index (χ2n) is 10.3. The molecule has 2 atom stereocenters. The Kier molecular flexibility index (Phi) is 11.1. The zero-order valence-electron chi connectivity index (χ0n) is 24.3. The fraction of sp³-hybridized carbons (Fsp3) is 0.235. The summed E-state index contributed by atoms with van der Waals surface area (Å²) >= 11 is 3.50. The first-order valence-corrected chi connectivity index (χ1v) is 16.4. The zero-order valence-corrected chi connectivity index (χ0v) is 26.7. The minimum atomic E-state index is -4.11. The zero-order chi connectivity index (χ0) is 30.8. The molecule has 0 bridgehead atoms. The predicted molar refractivity (Wildman–Crippen MR) is 174 cm³/mol. The first-order chi connectivity index (χ1) is 20.7. The van der Waals surface area contributed by atoms with Gasteiger partial charge in [0.2, 0.25) is 11.8 Å². The number of para-hydroxylation sites is 1. The van der Waals surface area contributed by atoms with Crippen LogP contribution < -0.4 is 9.62 Å². The molecule has 4 rings (SSSR count). The molecule has 0 aliphatic carbocycles. The van der Waals surface area contributed by atoms with E-state index in [4.69, 9.17) is 0 Å². The summed E-state index contributed by atoms with van der Waals surface area (Å²) in [6.45, 7) is 3.52. The number of benzene rings is 4. The Hall–Kier alpha value is -3.95. The average Bonchev–Trinajstić information content (AvgIpc) is 3.02. The topological polar surface area (TPSA) is 86.8 Å². The molecule has 0 aliphatic heterocycles. The molecule has 0 fully saturated rings. The standard InChI is InChI=1S/C34H36BrN3O4S/c1-3-26(2)36-34(40)32(23-27-14-7-4-8-15-27)37(24-28-16-13-17-29(35)22-28)33(39)25-38(30-18-9-5-10-19-30)43(41,42)31-20-11-6-12-21-31/h4-22,26,32H,3,23-25H2,1-2H3,(H,36,40). The molecule has 0 aromatic heterocycles. The molecular weight excluding hydrogens is 626 g/mol. The largest absolute Gasteiger partial charge is 0.352 e. The summed E-state index contributed by atoms with van der Waals surface area (Å²) in [6, 6.07) is 32.6. The Morgan fingerprint density at radius 1 is 0.814 bits per heavy atom. The number of sulfonamides is 1. The monoisotopic (exact) mass is 661 g/mol. The number of carbonyl (C=O) groups is 2. The number of rotatable bonds is 13. The van der Waals surface area contributed by atoms with Crippen LogP contribution >= 0.6 is 15.9 Å². The van der Waals surface area contributed by atoms with E-state index in [2.05, 4.69) is 21.2 Å².